The van der Waals surface area contributed by atoms with Gasteiger partial charge in [0.1, 0.15) is 5.82 Å². The Hall–Kier alpha value is -1.68. The molecule has 0 amide bonds. The Morgan fingerprint density at radius 2 is 2.11 bits per heavy atom. The van der Waals surface area contributed by atoms with Crippen molar-refractivity contribution in [2.24, 2.45) is 0 Å². The van der Waals surface area contributed by atoms with E-state index in [0.717, 1.165) is 30.6 Å². The summed E-state index contributed by atoms with van der Waals surface area (Å²) in [5.41, 5.74) is 3.75. The Labute approximate surface area is 111 Å². The minimum Gasteiger partial charge on any atom is -0.389 e. The summed E-state index contributed by atoms with van der Waals surface area (Å²) in [7, 11) is 0. The molecule has 4 heteroatoms. The van der Waals surface area contributed by atoms with Crippen molar-refractivity contribution in [3.63, 3.8) is 0 Å². The van der Waals surface area contributed by atoms with Crippen molar-refractivity contribution in [1.29, 1.82) is 0 Å². The molecule has 1 aromatic heterocycles. The molecule has 100 valence electrons. The zero-order chi connectivity index (χ0) is 13.4. The van der Waals surface area contributed by atoms with Crippen LogP contribution in [0.15, 0.2) is 24.5 Å². The number of aliphatic hydroxyl groups excluding tert-OH is 1. The lowest BCUT2D eigenvalue weighted by Gasteiger charge is -2.18. The van der Waals surface area contributed by atoms with Gasteiger partial charge in [0, 0.05) is 11.3 Å². The van der Waals surface area contributed by atoms with Crippen LogP contribution in [0.2, 0.25) is 0 Å². The summed E-state index contributed by atoms with van der Waals surface area (Å²) in [4.78, 5) is 4.44. The van der Waals surface area contributed by atoms with Crippen LogP contribution < -0.4 is 0 Å². The topological polar surface area (TPSA) is 38.0 Å². The highest BCUT2D eigenvalue weighted by Gasteiger charge is 2.19. The van der Waals surface area contributed by atoms with Crippen LogP contribution in [0.25, 0.3) is 5.69 Å². The smallest absolute Gasteiger partial charge is 0.123 e. The molecule has 0 saturated heterocycles. The molecule has 1 aromatic carbocycles. The number of aryl methyl sites for hydroxylation is 1. The van der Waals surface area contributed by atoms with E-state index in [-0.39, 0.29) is 5.82 Å². The predicted molar refractivity (Wildman–Crippen MR) is 70.8 cm³/mol. The largest absolute Gasteiger partial charge is 0.389 e. The number of benzene rings is 1. The molecule has 0 unspecified atom stereocenters. The van der Waals surface area contributed by atoms with E-state index in [4.69, 9.17) is 0 Å². The molecule has 0 bridgehead atoms. The van der Waals surface area contributed by atoms with E-state index in [2.05, 4.69) is 4.98 Å². The Bertz CT molecular complexity index is 604. The van der Waals surface area contributed by atoms with Crippen molar-refractivity contribution < 1.29 is 9.50 Å². The molecule has 1 aliphatic carbocycles. The lowest BCUT2D eigenvalue weighted by molar-refractivity contribution is 0.198. The minimum atomic E-state index is -0.702. The second-order valence-corrected chi connectivity index (χ2v) is 5.09. The van der Waals surface area contributed by atoms with Crippen LogP contribution in [0, 0.1) is 5.82 Å². The Kier molecular flexibility index (Phi) is 3.11. The summed E-state index contributed by atoms with van der Waals surface area (Å²) in [6.45, 7) is 1.65. The molecular formula is C15H17FN2O. The van der Waals surface area contributed by atoms with Gasteiger partial charge in [-0.2, -0.15) is 0 Å². The number of imidazole rings is 1. The maximum Gasteiger partial charge on any atom is 0.123 e. The molecule has 1 N–H and O–H groups in total. The number of rotatable bonds is 2. The molecule has 2 aromatic rings. The molecule has 0 radical (unpaired) electrons. The van der Waals surface area contributed by atoms with Crippen LogP contribution in [0.3, 0.4) is 0 Å². The number of fused-ring (bicyclic) bond motifs is 1. The molecule has 19 heavy (non-hydrogen) atoms. The second kappa shape index (κ2) is 4.78. The number of aromatic nitrogens is 2. The highest BCUT2D eigenvalue weighted by atomic mass is 19.1. The van der Waals surface area contributed by atoms with Crippen molar-refractivity contribution in [2.75, 3.05) is 0 Å². The van der Waals surface area contributed by atoms with E-state index in [9.17, 15) is 9.50 Å². The van der Waals surface area contributed by atoms with Gasteiger partial charge in [0.15, 0.2) is 0 Å². The van der Waals surface area contributed by atoms with E-state index in [1.165, 1.54) is 24.2 Å². The Morgan fingerprint density at radius 1 is 1.32 bits per heavy atom. The molecule has 0 aliphatic heterocycles. The van der Waals surface area contributed by atoms with Gasteiger partial charge in [0.05, 0.1) is 23.8 Å². The summed E-state index contributed by atoms with van der Waals surface area (Å²) < 4.78 is 15.3. The third-order valence-electron chi connectivity index (χ3n) is 3.73. The fourth-order valence-electron chi connectivity index (χ4n) is 2.76. The van der Waals surface area contributed by atoms with E-state index in [1.807, 2.05) is 4.57 Å². The summed E-state index contributed by atoms with van der Waals surface area (Å²) in [5.74, 6) is -0.325. The molecule has 3 rings (SSSR count). The van der Waals surface area contributed by atoms with Crippen molar-refractivity contribution in [2.45, 2.75) is 38.7 Å². The van der Waals surface area contributed by atoms with Crippen LogP contribution in [0.5, 0.6) is 0 Å². The van der Waals surface area contributed by atoms with E-state index in [0.29, 0.717) is 5.56 Å². The highest BCUT2D eigenvalue weighted by molar-refractivity contribution is 5.45. The average Bonchev–Trinajstić information content (AvgIpc) is 2.82. The first-order chi connectivity index (χ1) is 9.16. The van der Waals surface area contributed by atoms with Gasteiger partial charge in [-0.1, -0.05) is 0 Å². The number of aliphatic hydroxyl groups is 1. The van der Waals surface area contributed by atoms with Gasteiger partial charge in [-0.05, 0) is 50.8 Å². The van der Waals surface area contributed by atoms with Crippen LogP contribution in [-0.2, 0) is 12.8 Å². The normalized spacial score (nSPS) is 16.2. The van der Waals surface area contributed by atoms with Gasteiger partial charge < -0.3 is 9.67 Å². The Morgan fingerprint density at radius 3 is 2.89 bits per heavy atom. The van der Waals surface area contributed by atoms with Gasteiger partial charge in [0.25, 0.3) is 0 Å². The van der Waals surface area contributed by atoms with Gasteiger partial charge in [-0.15, -0.1) is 0 Å². The predicted octanol–water partition coefficient (Wildman–Crippen LogP) is 2.94. The summed E-state index contributed by atoms with van der Waals surface area (Å²) in [6.07, 6.45) is 5.42. The maximum atomic E-state index is 13.4. The van der Waals surface area contributed by atoms with Crippen LogP contribution in [-0.4, -0.2) is 14.7 Å². The molecule has 0 saturated carbocycles. The van der Waals surface area contributed by atoms with Gasteiger partial charge in [-0.25, -0.2) is 9.37 Å². The van der Waals surface area contributed by atoms with Crippen molar-refractivity contribution in [1.82, 2.24) is 9.55 Å². The lowest BCUT2D eigenvalue weighted by atomic mass is 10.0. The first-order valence-corrected chi connectivity index (χ1v) is 6.70. The molecule has 0 spiro atoms. The van der Waals surface area contributed by atoms with Gasteiger partial charge in [0.2, 0.25) is 0 Å². The quantitative estimate of drug-likeness (QED) is 0.901. The molecule has 1 aliphatic rings. The van der Waals surface area contributed by atoms with Crippen LogP contribution in [0.4, 0.5) is 4.39 Å². The molecule has 1 heterocycles. The molecule has 3 nitrogen and oxygen atoms in total. The summed E-state index contributed by atoms with van der Waals surface area (Å²) in [6, 6.07) is 4.54. The third-order valence-corrected chi connectivity index (χ3v) is 3.73. The molecule has 1 atom stereocenters. The van der Waals surface area contributed by atoms with Crippen molar-refractivity contribution in [3.8, 4) is 5.69 Å². The maximum absolute atomic E-state index is 13.4. The Balaban J connectivity index is 2.14. The SMILES string of the molecule is C[C@H](O)c1cc(F)ccc1-n1cnc2c1CCCC2. The summed E-state index contributed by atoms with van der Waals surface area (Å²) in [5, 5.41) is 9.83. The summed E-state index contributed by atoms with van der Waals surface area (Å²) >= 11 is 0. The fourth-order valence-corrected chi connectivity index (χ4v) is 2.76. The first kappa shape index (κ1) is 12.4. The zero-order valence-corrected chi connectivity index (χ0v) is 10.9. The number of halogens is 1. The monoisotopic (exact) mass is 260 g/mol. The second-order valence-electron chi connectivity index (χ2n) is 5.09. The van der Waals surface area contributed by atoms with E-state index < -0.39 is 6.10 Å². The number of nitrogens with zero attached hydrogens (tertiary/aromatic N) is 2. The third kappa shape index (κ3) is 2.16. The van der Waals surface area contributed by atoms with E-state index in [1.54, 1.807) is 19.3 Å². The lowest BCUT2D eigenvalue weighted by Crippen LogP contribution is -2.09. The fraction of sp³-hybridized carbons (Fsp3) is 0.400. The van der Waals surface area contributed by atoms with Gasteiger partial charge >= 0.3 is 0 Å². The van der Waals surface area contributed by atoms with Crippen LogP contribution >= 0.6 is 0 Å². The molecule has 0 fully saturated rings. The zero-order valence-electron chi connectivity index (χ0n) is 10.9. The minimum absolute atomic E-state index is 0.325. The first-order valence-electron chi connectivity index (χ1n) is 6.70. The number of hydrogen-bond acceptors (Lipinski definition) is 2. The van der Waals surface area contributed by atoms with Crippen molar-refractivity contribution >= 4 is 0 Å². The average molecular weight is 260 g/mol. The van der Waals surface area contributed by atoms with Crippen LogP contribution in [0.1, 0.15) is 42.8 Å². The molecular weight excluding hydrogens is 243 g/mol. The number of hydrogen-bond donors (Lipinski definition) is 1. The van der Waals surface area contributed by atoms with E-state index >= 15 is 0 Å². The highest BCUT2D eigenvalue weighted by Crippen LogP contribution is 2.28. The standard InChI is InChI=1S/C15H17FN2O/c1-10(19)12-8-11(16)6-7-14(12)18-9-17-13-4-2-3-5-15(13)18/h6-10,19H,2-5H2,1H3/t10-/m0/s1. The van der Waals surface area contributed by atoms with Gasteiger partial charge in [-0.3, -0.25) is 0 Å². The van der Waals surface area contributed by atoms with Crippen molar-refractivity contribution in [3.05, 3.63) is 47.3 Å².